The van der Waals surface area contributed by atoms with Crippen molar-refractivity contribution in [3.05, 3.63) is 30.3 Å². The summed E-state index contributed by atoms with van der Waals surface area (Å²) >= 11 is 3.74. The number of unbranched alkanes of at least 4 members (excludes halogenated alkanes) is 1. The van der Waals surface area contributed by atoms with Crippen molar-refractivity contribution in [3.63, 3.8) is 0 Å². The highest BCUT2D eigenvalue weighted by molar-refractivity contribution is 9.09. The second-order valence-corrected chi connectivity index (χ2v) is 6.01. The van der Waals surface area contributed by atoms with Crippen LogP contribution >= 0.6 is 15.9 Å². The molecule has 1 aromatic carbocycles. The summed E-state index contributed by atoms with van der Waals surface area (Å²) < 4.78 is 0. The highest BCUT2D eigenvalue weighted by Gasteiger charge is 2.27. The summed E-state index contributed by atoms with van der Waals surface area (Å²) in [7, 11) is 0. The van der Waals surface area contributed by atoms with Crippen LogP contribution in [0.1, 0.15) is 46.5 Å². The minimum Gasteiger partial charge on any atom is -0.371 e. The highest BCUT2D eigenvalue weighted by atomic mass is 79.9. The Morgan fingerprint density at radius 2 is 1.68 bits per heavy atom. The first kappa shape index (κ1) is 16.6. The van der Waals surface area contributed by atoms with E-state index in [0.29, 0.717) is 5.41 Å². The second-order valence-electron chi connectivity index (χ2n) is 5.45. The third-order valence-corrected chi connectivity index (χ3v) is 5.40. The lowest BCUT2D eigenvalue weighted by molar-refractivity contribution is 0.311. The molecule has 0 spiro atoms. The van der Waals surface area contributed by atoms with Crippen LogP contribution in [-0.4, -0.2) is 18.4 Å². The zero-order valence-electron chi connectivity index (χ0n) is 12.7. The molecule has 0 fully saturated rings. The molecule has 0 amide bonds. The lowest BCUT2D eigenvalue weighted by Gasteiger charge is -2.37. The largest absolute Gasteiger partial charge is 0.371 e. The molecule has 2 heteroatoms. The van der Waals surface area contributed by atoms with Crippen LogP contribution in [0.5, 0.6) is 0 Å². The maximum atomic E-state index is 3.74. The fourth-order valence-electron chi connectivity index (χ4n) is 2.40. The van der Waals surface area contributed by atoms with Gasteiger partial charge >= 0.3 is 0 Å². The molecule has 1 nitrogen and oxygen atoms in total. The molecule has 0 bridgehead atoms. The van der Waals surface area contributed by atoms with Gasteiger partial charge in [-0.1, -0.05) is 61.3 Å². The molecule has 0 unspecified atom stereocenters. The Morgan fingerprint density at radius 3 is 2.16 bits per heavy atom. The first-order valence-electron chi connectivity index (χ1n) is 7.57. The van der Waals surface area contributed by atoms with Gasteiger partial charge in [0.05, 0.1) is 0 Å². The fourth-order valence-corrected chi connectivity index (χ4v) is 3.37. The van der Waals surface area contributed by atoms with Crippen molar-refractivity contribution < 1.29 is 0 Å². The van der Waals surface area contributed by atoms with Crippen LogP contribution in [0.4, 0.5) is 5.69 Å². The zero-order chi connectivity index (χ0) is 14.1. The molecule has 108 valence electrons. The summed E-state index contributed by atoms with van der Waals surface area (Å²) in [5, 5.41) is 1.09. The molecule has 0 aromatic heterocycles. The monoisotopic (exact) mass is 325 g/mol. The molecule has 19 heavy (non-hydrogen) atoms. The van der Waals surface area contributed by atoms with Crippen molar-refractivity contribution in [3.8, 4) is 0 Å². The van der Waals surface area contributed by atoms with Crippen LogP contribution in [0.15, 0.2) is 30.3 Å². The van der Waals surface area contributed by atoms with Gasteiger partial charge in [-0.05, 0) is 36.8 Å². The van der Waals surface area contributed by atoms with Crippen LogP contribution < -0.4 is 4.90 Å². The number of para-hydroxylation sites is 1. The Hall–Kier alpha value is -0.500. The second kappa shape index (κ2) is 8.63. The number of hydrogen-bond donors (Lipinski definition) is 0. The van der Waals surface area contributed by atoms with Gasteiger partial charge in [0, 0.05) is 24.1 Å². The van der Waals surface area contributed by atoms with E-state index in [4.69, 9.17) is 0 Å². The van der Waals surface area contributed by atoms with E-state index in [1.165, 1.54) is 31.4 Å². The van der Waals surface area contributed by atoms with E-state index in [1.807, 2.05) is 0 Å². The van der Waals surface area contributed by atoms with Crippen molar-refractivity contribution in [1.82, 2.24) is 0 Å². The van der Waals surface area contributed by atoms with E-state index in [-0.39, 0.29) is 0 Å². The summed E-state index contributed by atoms with van der Waals surface area (Å²) in [5.41, 5.74) is 1.76. The van der Waals surface area contributed by atoms with Gasteiger partial charge in [-0.3, -0.25) is 0 Å². The zero-order valence-corrected chi connectivity index (χ0v) is 14.2. The highest BCUT2D eigenvalue weighted by Crippen LogP contribution is 2.31. The molecule has 0 heterocycles. The van der Waals surface area contributed by atoms with Crippen LogP contribution in [0, 0.1) is 5.41 Å². The minimum atomic E-state index is 0.392. The topological polar surface area (TPSA) is 3.24 Å². The molecular formula is C17H28BrN. The van der Waals surface area contributed by atoms with E-state index in [2.05, 4.69) is 71.9 Å². The number of benzene rings is 1. The van der Waals surface area contributed by atoms with E-state index in [9.17, 15) is 0 Å². The normalized spacial score (nSPS) is 11.6. The molecule has 0 aliphatic rings. The Balaban J connectivity index is 2.85. The van der Waals surface area contributed by atoms with Crippen molar-refractivity contribution in [1.29, 1.82) is 0 Å². The number of alkyl halides is 1. The summed E-state index contributed by atoms with van der Waals surface area (Å²) in [5.74, 6) is 0. The van der Waals surface area contributed by atoms with E-state index < -0.39 is 0 Å². The maximum absolute atomic E-state index is 3.74. The molecule has 0 saturated heterocycles. The quantitative estimate of drug-likeness (QED) is 0.542. The molecule has 0 atom stereocenters. The summed E-state index contributed by atoms with van der Waals surface area (Å²) in [6.45, 7) is 9.20. The van der Waals surface area contributed by atoms with Crippen molar-refractivity contribution in [2.45, 2.75) is 46.5 Å². The summed E-state index contributed by atoms with van der Waals surface area (Å²) in [6.07, 6.45) is 4.97. The molecule has 1 rings (SSSR count). The number of rotatable bonds is 9. The van der Waals surface area contributed by atoms with Gasteiger partial charge in [-0.25, -0.2) is 0 Å². The Kier molecular flexibility index (Phi) is 7.52. The molecular weight excluding hydrogens is 298 g/mol. The molecule has 0 aliphatic carbocycles. The number of nitrogens with zero attached hydrogens (tertiary/aromatic N) is 1. The number of anilines is 1. The van der Waals surface area contributed by atoms with Gasteiger partial charge < -0.3 is 4.90 Å². The lowest BCUT2D eigenvalue weighted by Crippen LogP contribution is -2.39. The third kappa shape index (κ3) is 4.83. The van der Waals surface area contributed by atoms with Crippen LogP contribution in [0.2, 0.25) is 0 Å². The first-order chi connectivity index (χ1) is 9.21. The first-order valence-corrected chi connectivity index (χ1v) is 8.69. The van der Waals surface area contributed by atoms with E-state index in [0.717, 1.165) is 18.4 Å². The molecule has 1 aromatic rings. The van der Waals surface area contributed by atoms with Gasteiger partial charge in [0.15, 0.2) is 0 Å². The van der Waals surface area contributed by atoms with Crippen LogP contribution in [0.3, 0.4) is 0 Å². The number of halogens is 1. The van der Waals surface area contributed by atoms with Crippen molar-refractivity contribution in [2.75, 3.05) is 23.3 Å². The van der Waals surface area contributed by atoms with Gasteiger partial charge in [0.2, 0.25) is 0 Å². The maximum Gasteiger partial charge on any atom is 0.0366 e. The predicted molar refractivity (Wildman–Crippen MR) is 90.4 cm³/mol. The number of hydrogen-bond acceptors (Lipinski definition) is 1. The van der Waals surface area contributed by atoms with Crippen LogP contribution in [-0.2, 0) is 0 Å². The molecule has 0 radical (unpaired) electrons. The molecule has 0 N–H and O–H groups in total. The van der Waals surface area contributed by atoms with E-state index in [1.54, 1.807) is 0 Å². The average Bonchev–Trinajstić information content (AvgIpc) is 2.49. The fraction of sp³-hybridized carbons (Fsp3) is 0.647. The van der Waals surface area contributed by atoms with E-state index >= 15 is 0 Å². The lowest BCUT2D eigenvalue weighted by atomic mass is 9.84. The summed E-state index contributed by atoms with van der Waals surface area (Å²) in [6, 6.07) is 10.8. The average molecular weight is 326 g/mol. The SMILES string of the molecule is CCCCN(CC(CC)(CC)CBr)c1ccccc1. The molecule has 0 aliphatic heterocycles. The Labute approximate surface area is 127 Å². The smallest absolute Gasteiger partial charge is 0.0366 e. The minimum absolute atomic E-state index is 0.392. The Morgan fingerprint density at radius 1 is 1.05 bits per heavy atom. The molecule has 0 saturated carbocycles. The van der Waals surface area contributed by atoms with Crippen molar-refractivity contribution in [2.24, 2.45) is 5.41 Å². The standard InChI is InChI=1S/C17H28BrN/c1-4-7-13-19(16-11-9-8-10-12-16)15-17(5-2,6-3)14-18/h8-12H,4-7,13-15H2,1-3H3. The van der Waals surface area contributed by atoms with Crippen LogP contribution in [0.25, 0.3) is 0 Å². The van der Waals surface area contributed by atoms with Gasteiger partial charge in [0.1, 0.15) is 0 Å². The third-order valence-electron chi connectivity index (χ3n) is 4.21. The Bertz CT molecular complexity index is 324. The predicted octanol–water partition coefficient (Wildman–Crippen LogP) is 5.49. The van der Waals surface area contributed by atoms with Gasteiger partial charge in [-0.2, -0.15) is 0 Å². The summed E-state index contributed by atoms with van der Waals surface area (Å²) in [4.78, 5) is 2.57. The van der Waals surface area contributed by atoms with Gasteiger partial charge in [0.25, 0.3) is 0 Å². The van der Waals surface area contributed by atoms with Gasteiger partial charge in [-0.15, -0.1) is 0 Å². The van der Waals surface area contributed by atoms with Crippen molar-refractivity contribution >= 4 is 21.6 Å².